The molecule has 0 radical (unpaired) electrons. The predicted molar refractivity (Wildman–Crippen MR) is 214 cm³/mol. The first-order chi connectivity index (χ1) is 25.8. The lowest BCUT2D eigenvalue weighted by Crippen LogP contribution is -2.33. The maximum absolute atomic E-state index is 6.29. The first-order valence-electron chi connectivity index (χ1n) is 17.9. The van der Waals surface area contributed by atoms with Crippen molar-refractivity contribution in [1.29, 1.82) is 0 Å². The van der Waals surface area contributed by atoms with Gasteiger partial charge >= 0.3 is 0 Å². The van der Waals surface area contributed by atoms with Gasteiger partial charge in [-0.2, -0.15) is 0 Å². The molecule has 0 saturated heterocycles. The minimum Gasteiger partial charge on any atom is -0.456 e. The Hall–Kier alpha value is -6.84. The maximum atomic E-state index is 6.29. The molecule has 3 nitrogen and oxygen atoms in total. The van der Waals surface area contributed by atoms with Crippen molar-refractivity contribution in [3.05, 3.63) is 204 Å². The number of fused-ring (bicyclic) bond motifs is 15. The molecule has 12 rings (SSSR count). The highest BCUT2D eigenvalue weighted by Gasteiger charge is 2.51. The van der Waals surface area contributed by atoms with Crippen LogP contribution in [0.25, 0.3) is 60.6 Å². The van der Waals surface area contributed by atoms with Crippen molar-refractivity contribution in [2.24, 2.45) is 0 Å². The van der Waals surface area contributed by atoms with Crippen LogP contribution in [-0.2, 0) is 5.41 Å². The molecule has 10 aromatic rings. The quantitative estimate of drug-likeness (QED) is 0.188. The minimum atomic E-state index is -0.518. The highest BCUT2D eigenvalue weighted by Crippen LogP contribution is 2.61. The normalized spacial score (nSPS) is 13.5. The molecule has 2 aromatic heterocycles. The highest BCUT2D eigenvalue weighted by molar-refractivity contribution is 6.14. The van der Waals surface area contributed by atoms with E-state index in [0.29, 0.717) is 0 Å². The van der Waals surface area contributed by atoms with Gasteiger partial charge in [-0.15, -0.1) is 0 Å². The van der Waals surface area contributed by atoms with E-state index in [9.17, 15) is 0 Å². The summed E-state index contributed by atoms with van der Waals surface area (Å²) in [6.07, 6.45) is 0. The Morgan fingerprint density at radius 1 is 0.404 bits per heavy atom. The number of aromatic nitrogens is 1. The number of hydrogen-bond donors (Lipinski definition) is 0. The summed E-state index contributed by atoms with van der Waals surface area (Å²) in [5.41, 5.74) is 16.1. The molecule has 0 N–H and O–H groups in total. The molecule has 1 aliphatic heterocycles. The Labute approximate surface area is 300 Å². The molecule has 8 aromatic carbocycles. The van der Waals surface area contributed by atoms with Crippen molar-refractivity contribution >= 4 is 60.8 Å². The first-order valence-corrected chi connectivity index (χ1v) is 17.9. The van der Waals surface area contributed by atoms with Crippen molar-refractivity contribution in [2.45, 2.75) is 5.41 Å². The van der Waals surface area contributed by atoms with Crippen LogP contribution < -0.4 is 4.90 Å². The molecule has 1 aliphatic carbocycles. The van der Waals surface area contributed by atoms with Crippen LogP contribution in [0.5, 0.6) is 0 Å². The molecule has 1 spiro atoms. The Morgan fingerprint density at radius 2 is 1.02 bits per heavy atom. The molecule has 0 atom stereocenters. The monoisotopic (exact) mass is 662 g/mol. The van der Waals surface area contributed by atoms with Gasteiger partial charge in [-0.1, -0.05) is 121 Å². The van der Waals surface area contributed by atoms with Crippen LogP contribution in [0, 0.1) is 0 Å². The zero-order chi connectivity index (χ0) is 34.0. The van der Waals surface area contributed by atoms with Crippen molar-refractivity contribution in [3.63, 3.8) is 0 Å². The van der Waals surface area contributed by atoms with Crippen LogP contribution in [0.4, 0.5) is 17.1 Å². The van der Waals surface area contributed by atoms with Crippen LogP contribution in [-0.4, -0.2) is 4.57 Å². The summed E-state index contributed by atoms with van der Waals surface area (Å²) >= 11 is 0. The van der Waals surface area contributed by atoms with Gasteiger partial charge in [0.05, 0.1) is 22.1 Å². The molecular formula is C49H30N2O. The molecule has 242 valence electrons. The SMILES string of the molecule is c1ccc(N(c2ccc3oc4ccccc4c3c2)c2cc3c4c(c2)c2ccccc2n4-c2ccccc2C32c3ccccc3-c3ccccc32)cc1. The topological polar surface area (TPSA) is 21.3 Å². The number of hydrogen-bond acceptors (Lipinski definition) is 2. The number of furan rings is 1. The lowest BCUT2D eigenvalue weighted by atomic mass is 9.65. The van der Waals surface area contributed by atoms with Gasteiger partial charge in [0.15, 0.2) is 0 Å². The Morgan fingerprint density at radius 3 is 1.83 bits per heavy atom. The molecular weight excluding hydrogens is 633 g/mol. The van der Waals surface area contributed by atoms with E-state index in [2.05, 4.69) is 179 Å². The molecule has 3 heteroatoms. The molecule has 3 heterocycles. The molecule has 0 fully saturated rings. The Kier molecular flexibility index (Phi) is 5.43. The summed E-state index contributed by atoms with van der Waals surface area (Å²) in [6.45, 7) is 0. The summed E-state index contributed by atoms with van der Waals surface area (Å²) < 4.78 is 8.81. The number of rotatable bonds is 3. The third-order valence-corrected chi connectivity index (χ3v) is 11.5. The Balaban J connectivity index is 1.25. The van der Waals surface area contributed by atoms with Crippen LogP contribution in [0.2, 0.25) is 0 Å². The van der Waals surface area contributed by atoms with E-state index in [1.165, 1.54) is 60.9 Å². The van der Waals surface area contributed by atoms with Gasteiger partial charge in [-0.3, -0.25) is 0 Å². The fourth-order valence-corrected chi connectivity index (χ4v) is 9.57. The number of benzene rings is 8. The van der Waals surface area contributed by atoms with E-state index in [4.69, 9.17) is 4.42 Å². The second-order valence-corrected chi connectivity index (χ2v) is 14.1. The highest BCUT2D eigenvalue weighted by atomic mass is 16.3. The van der Waals surface area contributed by atoms with E-state index < -0.39 is 5.41 Å². The lowest BCUT2D eigenvalue weighted by molar-refractivity contribution is 0.669. The van der Waals surface area contributed by atoms with Gasteiger partial charge in [-0.05, 0) is 94.0 Å². The van der Waals surface area contributed by atoms with Crippen molar-refractivity contribution in [1.82, 2.24) is 4.57 Å². The molecule has 0 bridgehead atoms. The number of anilines is 3. The van der Waals surface area contributed by atoms with E-state index in [0.717, 1.165) is 39.0 Å². The second kappa shape index (κ2) is 10.1. The van der Waals surface area contributed by atoms with Crippen LogP contribution in [0.15, 0.2) is 186 Å². The standard InChI is InChI=1S/C49H30N2O/c1-2-14-31(15-3-1)50(32-26-27-47-38(28-32)37-19-7-13-25-46(37)52-47)33-29-39-36-18-6-11-23-44(36)51-45-24-12-10-22-42(45)49(43(30-33)48(39)51)40-20-8-4-16-34(40)35-17-5-9-21-41(35)49/h1-30H. The molecule has 0 unspecified atom stereocenters. The molecule has 0 saturated carbocycles. The van der Waals surface area contributed by atoms with Gasteiger partial charge in [0.25, 0.3) is 0 Å². The average molecular weight is 663 g/mol. The van der Waals surface area contributed by atoms with Gasteiger partial charge in [-0.25, -0.2) is 0 Å². The van der Waals surface area contributed by atoms with Gasteiger partial charge in [0.2, 0.25) is 0 Å². The molecule has 0 amide bonds. The molecule has 2 aliphatic rings. The summed E-state index contributed by atoms with van der Waals surface area (Å²) in [6, 6.07) is 66.7. The lowest BCUT2D eigenvalue weighted by Gasteiger charge is -2.40. The fraction of sp³-hybridized carbons (Fsp3) is 0.0204. The van der Waals surface area contributed by atoms with Gasteiger partial charge in [0.1, 0.15) is 11.2 Å². The van der Waals surface area contributed by atoms with Crippen molar-refractivity contribution in [2.75, 3.05) is 4.90 Å². The minimum absolute atomic E-state index is 0.518. The third kappa shape index (κ3) is 3.45. The van der Waals surface area contributed by atoms with Crippen LogP contribution in [0.1, 0.15) is 22.3 Å². The number of para-hydroxylation sites is 4. The number of nitrogens with zero attached hydrogens (tertiary/aromatic N) is 2. The van der Waals surface area contributed by atoms with Crippen molar-refractivity contribution < 1.29 is 4.42 Å². The zero-order valence-electron chi connectivity index (χ0n) is 28.1. The largest absolute Gasteiger partial charge is 0.456 e. The zero-order valence-corrected chi connectivity index (χ0v) is 28.1. The second-order valence-electron chi connectivity index (χ2n) is 14.1. The maximum Gasteiger partial charge on any atom is 0.135 e. The van der Waals surface area contributed by atoms with E-state index in [1.807, 2.05) is 12.1 Å². The van der Waals surface area contributed by atoms with Crippen LogP contribution in [0.3, 0.4) is 0 Å². The Bertz CT molecular complexity index is 3050. The summed E-state index contributed by atoms with van der Waals surface area (Å²) in [5, 5.41) is 4.72. The van der Waals surface area contributed by atoms with Gasteiger partial charge in [0, 0.05) is 38.6 Å². The average Bonchev–Trinajstić information content (AvgIpc) is 3.85. The van der Waals surface area contributed by atoms with E-state index in [1.54, 1.807) is 0 Å². The summed E-state index contributed by atoms with van der Waals surface area (Å²) in [7, 11) is 0. The van der Waals surface area contributed by atoms with Crippen molar-refractivity contribution in [3.8, 4) is 16.8 Å². The van der Waals surface area contributed by atoms with E-state index >= 15 is 0 Å². The summed E-state index contributed by atoms with van der Waals surface area (Å²) in [4.78, 5) is 2.42. The van der Waals surface area contributed by atoms with Crippen LogP contribution >= 0.6 is 0 Å². The molecule has 52 heavy (non-hydrogen) atoms. The smallest absolute Gasteiger partial charge is 0.135 e. The first kappa shape index (κ1) is 27.9. The van der Waals surface area contributed by atoms with E-state index in [-0.39, 0.29) is 0 Å². The third-order valence-electron chi connectivity index (χ3n) is 11.5. The fourth-order valence-electron chi connectivity index (χ4n) is 9.57. The van der Waals surface area contributed by atoms with Gasteiger partial charge < -0.3 is 13.9 Å². The predicted octanol–water partition coefficient (Wildman–Crippen LogP) is 12.8. The summed E-state index contributed by atoms with van der Waals surface area (Å²) in [5.74, 6) is 0.